The predicted octanol–water partition coefficient (Wildman–Crippen LogP) is 2.82. The molecule has 1 saturated heterocycles. The summed E-state index contributed by atoms with van der Waals surface area (Å²) in [7, 11) is 0. The van der Waals surface area contributed by atoms with Gasteiger partial charge >= 0.3 is 6.03 Å². The van der Waals surface area contributed by atoms with Crippen LogP contribution in [0.3, 0.4) is 0 Å². The zero-order valence-electron chi connectivity index (χ0n) is 15.4. The number of carbonyl (C=O) groups excluding carboxylic acids is 3. The maximum atomic E-state index is 13.5. The molecule has 1 aromatic rings. The van der Waals surface area contributed by atoms with Gasteiger partial charge in [0, 0.05) is 18.3 Å². The molecule has 0 aromatic heterocycles. The number of likely N-dealkylation sites (N-methyl/N-ethyl adjacent to an activating group) is 1. The monoisotopic (exact) mass is 379 g/mol. The molecule has 1 spiro atoms. The lowest BCUT2D eigenvalue weighted by Crippen LogP contribution is -2.50. The van der Waals surface area contributed by atoms with Crippen molar-refractivity contribution >= 4 is 23.5 Å². The highest BCUT2D eigenvalue weighted by atomic mass is 19.2. The van der Waals surface area contributed by atoms with Crippen LogP contribution in [0.2, 0.25) is 0 Å². The summed E-state index contributed by atoms with van der Waals surface area (Å²) in [6.45, 7) is 3.54. The van der Waals surface area contributed by atoms with Crippen molar-refractivity contribution in [2.24, 2.45) is 5.92 Å². The van der Waals surface area contributed by atoms with Crippen molar-refractivity contribution in [3.8, 4) is 0 Å². The summed E-state index contributed by atoms with van der Waals surface area (Å²) in [6, 6.07) is 2.57. The third-order valence-electron chi connectivity index (χ3n) is 5.50. The standard InChI is InChI=1S/C19H23F2N3O3/c1-3-23(13-4-5-14(20)15(21)10-13)16(25)11-24-17(26)19(22-18(24)27)8-6-12(2)7-9-19/h4-5,10,12H,3,6-9,11H2,1-2H3,(H,22,27). The van der Waals surface area contributed by atoms with Gasteiger partial charge in [-0.3, -0.25) is 14.5 Å². The highest BCUT2D eigenvalue weighted by molar-refractivity contribution is 6.10. The Kier molecular flexibility index (Phi) is 5.17. The molecule has 1 saturated carbocycles. The van der Waals surface area contributed by atoms with Gasteiger partial charge in [0.25, 0.3) is 5.91 Å². The number of imide groups is 1. The first-order valence-electron chi connectivity index (χ1n) is 9.17. The molecule has 8 heteroatoms. The number of rotatable bonds is 4. The van der Waals surface area contributed by atoms with Crippen LogP contribution in [0.4, 0.5) is 19.3 Å². The van der Waals surface area contributed by atoms with Crippen molar-refractivity contribution in [1.82, 2.24) is 10.2 Å². The van der Waals surface area contributed by atoms with Gasteiger partial charge < -0.3 is 10.2 Å². The van der Waals surface area contributed by atoms with Gasteiger partial charge in [0.05, 0.1) is 0 Å². The van der Waals surface area contributed by atoms with Gasteiger partial charge in [-0.1, -0.05) is 6.92 Å². The molecule has 1 aromatic carbocycles. The Morgan fingerprint density at radius 2 is 1.93 bits per heavy atom. The van der Waals surface area contributed by atoms with Crippen molar-refractivity contribution in [3.05, 3.63) is 29.8 Å². The Labute approximate surface area is 156 Å². The molecule has 2 fully saturated rings. The summed E-state index contributed by atoms with van der Waals surface area (Å²) < 4.78 is 26.6. The first-order chi connectivity index (χ1) is 12.8. The van der Waals surface area contributed by atoms with Gasteiger partial charge in [-0.05, 0) is 50.7 Å². The number of carbonyl (C=O) groups is 3. The van der Waals surface area contributed by atoms with Crippen molar-refractivity contribution < 1.29 is 23.2 Å². The van der Waals surface area contributed by atoms with Crippen LogP contribution in [-0.2, 0) is 9.59 Å². The van der Waals surface area contributed by atoms with E-state index < -0.39 is 35.7 Å². The summed E-state index contributed by atoms with van der Waals surface area (Å²) in [5, 5.41) is 2.77. The van der Waals surface area contributed by atoms with E-state index in [1.807, 2.05) is 0 Å². The lowest BCUT2D eigenvalue weighted by atomic mass is 9.77. The number of amides is 4. The molecule has 146 valence electrons. The molecule has 4 amide bonds. The van der Waals surface area contributed by atoms with Crippen LogP contribution in [0, 0.1) is 17.6 Å². The second-order valence-electron chi connectivity index (χ2n) is 7.32. The van der Waals surface area contributed by atoms with Crippen LogP contribution in [-0.4, -0.2) is 41.4 Å². The number of benzene rings is 1. The zero-order chi connectivity index (χ0) is 19.8. The van der Waals surface area contributed by atoms with E-state index in [4.69, 9.17) is 0 Å². The molecular formula is C19H23F2N3O3. The van der Waals surface area contributed by atoms with E-state index in [0.29, 0.717) is 18.8 Å². The van der Waals surface area contributed by atoms with Crippen LogP contribution >= 0.6 is 0 Å². The smallest absolute Gasteiger partial charge is 0.323 e. The van der Waals surface area contributed by atoms with Crippen molar-refractivity contribution in [2.75, 3.05) is 18.0 Å². The maximum absolute atomic E-state index is 13.5. The van der Waals surface area contributed by atoms with Gasteiger partial charge in [0.1, 0.15) is 12.1 Å². The Bertz CT molecular complexity index is 775. The minimum Gasteiger partial charge on any atom is -0.323 e. The van der Waals surface area contributed by atoms with Crippen LogP contribution in [0.5, 0.6) is 0 Å². The Morgan fingerprint density at radius 1 is 1.26 bits per heavy atom. The van der Waals surface area contributed by atoms with Gasteiger partial charge in [0.15, 0.2) is 11.6 Å². The van der Waals surface area contributed by atoms with Gasteiger partial charge in [-0.25, -0.2) is 13.6 Å². The number of hydrogen-bond donors (Lipinski definition) is 1. The van der Waals surface area contributed by atoms with E-state index in [1.165, 1.54) is 11.0 Å². The Balaban J connectivity index is 1.75. The molecule has 3 rings (SSSR count). The number of halogens is 2. The predicted molar refractivity (Wildman–Crippen MR) is 95.0 cm³/mol. The van der Waals surface area contributed by atoms with E-state index in [1.54, 1.807) is 6.92 Å². The third-order valence-corrected chi connectivity index (χ3v) is 5.50. The largest absolute Gasteiger partial charge is 0.325 e. The Morgan fingerprint density at radius 3 is 2.52 bits per heavy atom. The zero-order valence-corrected chi connectivity index (χ0v) is 15.4. The van der Waals surface area contributed by atoms with Gasteiger partial charge in [0.2, 0.25) is 5.91 Å². The van der Waals surface area contributed by atoms with Gasteiger partial charge in [-0.2, -0.15) is 0 Å². The highest BCUT2D eigenvalue weighted by Gasteiger charge is 2.52. The molecule has 0 radical (unpaired) electrons. The number of hydrogen-bond acceptors (Lipinski definition) is 3. The molecule has 1 N–H and O–H groups in total. The minimum atomic E-state index is -1.07. The van der Waals surface area contributed by atoms with E-state index in [0.717, 1.165) is 29.9 Å². The molecule has 27 heavy (non-hydrogen) atoms. The summed E-state index contributed by atoms with van der Waals surface area (Å²) in [4.78, 5) is 40.0. The first-order valence-corrected chi connectivity index (χ1v) is 9.17. The molecule has 0 atom stereocenters. The van der Waals surface area contributed by atoms with Crippen LogP contribution in [0.15, 0.2) is 18.2 Å². The SMILES string of the molecule is CCN(C(=O)CN1C(=O)NC2(CCC(C)CC2)C1=O)c1ccc(F)c(F)c1. The average Bonchev–Trinajstić information content (AvgIpc) is 2.86. The molecule has 0 bridgehead atoms. The molecule has 1 heterocycles. The lowest BCUT2D eigenvalue weighted by Gasteiger charge is -2.33. The normalized spacial score (nSPS) is 25.0. The molecule has 0 unspecified atom stereocenters. The maximum Gasteiger partial charge on any atom is 0.325 e. The molecule has 6 nitrogen and oxygen atoms in total. The van der Waals surface area contributed by atoms with Crippen LogP contribution < -0.4 is 10.2 Å². The van der Waals surface area contributed by atoms with E-state index in [-0.39, 0.29) is 18.1 Å². The van der Waals surface area contributed by atoms with Crippen LogP contribution in [0.1, 0.15) is 39.5 Å². The summed E-state index contributed by atoms with van der Waals surface area (Å²) in [5.41, 5.74) is -0.738. The van der Waals surface area contributed by atoms with Crippen molar-refractivity contribution in [3.63, 3.8) is 0 Å². The molecule has 1 aliphatic heterocycles. The number of urea groups is 1. The summed E-state index contributed by atoms with van der Waals surface area (Å²) in [6.07, 6.45) is 2.79. The summed E-state index contributed by atoms with van der Waals surface area (Å²) in [5.74, 6) is -2.49. The van der Waals surface area contributed by atoms with Crippen molar-refractivity contribution in [2.45, 2.75) is 45.1 Å². The average molecular weight is 379 g/mol. The topological polar surface area (TPSA) is 69.7 Å². The quantitative estimate of drug-likeness (QED) is 0.818. The fourth-order valence-corrected chi connectivity index (χ4v) is 3.79. The van der Waals surface area contributed by atoms with Gasteiger partial charge in [-0.15, -0.1) is 0 Å². The second-order valence-corrected chi connectivity index (χ2v) is 7.32. The third kappa shape index (κ3) is 3.52. The fraction of sp³-hybridized carbons (Fsp3) is 0.526. The fourth-order valence-electron chi connectivity index (χ4n) is 3.79. The number of nitrogens with zero attached hydrogens (tertiary/aromatic N) is 2. The van der Waals surface area contributed by atoms with Crippen LogP contribution in [0.25, 0.3) is 0 Å². The molecule has 1 aliphatic carbocycles. The highest BCUT2D eigenvalue weighted by Crippen LogP contribution is 2.36. The summed E-state index contributed by atoms with van der Waals surface area (Å²) >= 11 is 0. The minimum absolute atomic E-state index is 0.176. The number of nitrogens with one attached hydrogen (secondary N) is 1. The van der Waals surface area contributed by atoms with E-state index in [9.17, 15) is 23.2 Å². The van der Waals surface area contributed by atoms with E-state index >= 15 is 0 Å². The molecule has 2 aliphatic rings. The lowest BCUT2D eigenvalue weighted by molar-refractivity contribution is -0.135. The first kappa shape index (κ1) is 19.3. The van der Waals surface area contributed by atoms with E-state index in [2.05, 4.69) is 12.2 Å². The van der Waals surface area contributed by atoms with Crippen molar-refractivity contribution in [1.29, 1.82) is 0 Å². The number of anilines is 1. The second kappa shape index (κ2) is 7.25. The molecular weight excluding hydrogens is 356 g/mol. The Hall–Kier alpha value is -2.51.